The van der Waals surface area contributed by atoms with Crippen molar-refractivity contribution in [3.8, 4) is 119 Å². The number of nitrogens with zero attached hydrogens (tertiary/aromatic N) is 7. The molecular weight excluding hydrogens is 1720 g/mol. The fraction of sp³-hybridized carbons (Fsp3) is 0.143. The largest absolute Gasteiger partial charge is 0.456 e. The Morgan fingerprint density at radius 2 is 0.591 bits per heavy atom. The molecule has 660 valence electrons. The smallest absolute Gasteiger partial charge is 0.164 e. The summed E-state index contributed by atoms with van der Waals surface area (Å²) in [6.07, 6.45) is 0. The van der Waals surface area contributed by atoms with Crippen LogP contribution in [0.1, 0.15) is 116 Å². The van der Waals surface area contributed by atoms with Gasteiger partial charge < -0.3 is 8.98 Å². The van der Waals surface area contributed by atoms with Crippen molar-refractivity contribution in [2.24, 2.45) is 0 Å². The first-order valence-electron chi connectivity index (χ1n) is 47.4. The number of hydrogen-bond donors (Lipinski definition) is 0. The minimum atomic E-state index is -0.0775. The van der Waals surface area contributed by atoms with E-state index in [0.717, 1.165) is 55.3 Å². The lowest BCUT2D eigenvalue weighted by atomic mass is 9.55. The zero-order valence-electron chi connectivity index (χ0n) is 78.5. The molecule has 7 heterocycles. The van der Waals surface area contributed by atoms with Crippen LogP contribution in [0.2, 0.25) is 0 Å². The first kappa shape index (κ1) is 83.8. The monoisotopic (exact) mass is 1820 g/mol. The average molecular weight is 1820 g/mol. The third-order valence-electron chi connectivity index (χ3n) is 31.7. The topological polar surface area (TPSA) is 95.4 Å². The number of hydrogen-bond acceptors (Lipinski definition) is 10. The molecule has 0 amide bonds. The summed E-state index contributed by atoms with van der Waals surface area (Å²) >= 11 is 5.72. The van der Waals surface area contributed by atoms with Crippen LogP contribution in [0.4, 0.5) is 0 Å². The van der Waals surface area contributed by atoms with Crippen LogP contribution >= 0.6 is 34.0 Å². The molecule has 7 aromatic heterocycles. The second kappa shape index (κ2) is 31.3. The van der Waals surface area contributed by atoms with Crippen LogP contribution < -0.4 is 0 Å². The maximum Gasteiger partial charge on any atom is 0.164 e. The van der Waals surface area contributed by atoms with Crippen molar-refractivity contribution in [1.29, 1.82) is 0 Å². The molecule has 17 aromatic carbocycles. The van der Waals surface area contributed by atoms with Gasteiger partial charge in [-0.1, -0.05) is 362 Å². The Morgan fingerprint density at radius 3 is 1.10 bits per heavy atom. The van der Waals surface area contributed by atoms with Gasteiger partial charge in [0.1, 0.15) is 11.2 Å². The molecule has 0 radical (unpaired) electrons. The molecular formula is C126H97N7OS3. The number of rotatable bonds is 8. The summed E-state index contributed by atoms with van der Waals surface area (Å²) in [6, 6.07) is 133. The first-order valence-corrected chi connectivity index (χ1v) is 49.9. The van der Waals surface area contributed by atoms with Crippen LogP contribution in [-0.2, 0) is 32.5 Å². The molecule has 0 fully saturated rings. The summed E-state index contributed by atoms with van der Waals surface area (Å²) in [5, 5.41) is 12.4. The fourth-order valence-electron chi connectivity index (χ4n) is 22.5. The van der Waals surface area contributed by atoms with Gasteiger partial charge in [0.2, 0.25) is 0 Å². The summed E-state index contributed by atoms with van der Waals surface area (Å²) < 4.78 is 16.6. The number of fused-ring (bicyclic) bond motifs is 27. The van der Waals surface area contributed by atoms with E-state index in [2.05, 4.69) is 349 Å². The summed E-state index contributed by atoms with van der Waals surface area (Å²) in [7, 11) is 0. The zero-order valence-corrected chi connectivity index (χ0v) is 80.9. The molecule has 0 saturated carbocycles. The summed E-state index contributed by atoms with van der Waals surface area (Å²) in [4.78, 5) is 30.2. The van der Waals surface area contributed by atoms with Crippen LogP contribution in [0, 0.1) is 0 Å². The molecule has 24 aromatic rings. The maximum absolute atomic E-state index is 6.24. The molecule has 0 saturated heterocycles. The van der Waals surface area contributed by atoms with Gasteiger partial charge in [-0.2, -0.15) is 0 Å². The molecule has 0 aliphatic heterocycles. The number of para-hydroxylation sites is 3. The van der Waals surface area contributed by atoms with E-state index in [-0.39, 0.29) is 32.5 Å². The molecule has 27 rings (SSSR count). The van der Waals surface area contributed by atoms with Crippen molar-refractivity contribution in [2.45, 2.75) is 116 Å². The van der Waals surface area contributed by atoms with E-state index in [0.29, 0.717) is 34.9 Å². The van der Waals surface area contributed by atoms with Crippen molar-refractivity contribution in [3.63, 3.8) is 0 Å². The predicted molar refractivity (Wildman–Crippen MR) is 579 cm³/mol. The maximum atomic E-state index is 6.24. The first-order chi connectivity index (χ1) is 66.5. The Labute approximate surface area is 808 Å². The average Bonchev–Trinajstić information content (AvgIpc) is 1.68. The van der Waals surface area contributed by atoms with Crippen LogP contribution in [0.3, 0.4) is 0 Å². The van der Waals surface area contributed by atoms with E-state index in [9.17, 15) is 0 Å². The van der Waals surface area contributed by atoms with Crippen molar-refractivity contribution in [3.05, 3.63) is 403 Å². The highest BCUT2D eigenvalue weighted by atomic mass is 32.1. The lowest BCUT2D eigenvalue weighted by Gasteiger charge is -2.48. The fourth-order valence-corrected chi connectivity index (χ4v) is 26.4. The van der Waals surface area contributed by atoms with Crippen LogP contribution in [0.25, 0.3) is 223 Å². The molecule has 137 heavy (non-hydrogen) atoms. The summed E-state index contributed by atoms with van der Waals surface area (Å²) in [5.41, 5.74) is 30.3. The Balaban J connectivity index is 0.000000110. The molecule has 0 atom stereocenters. The van der Waals surface area contributed by atoms with Crippen molar-refractivity contribution in [1.82, 2.24) is 34.5 Å². The molecule has 0 N–H and O–H groups in total. The third-order valence-corrected chi connectivity index (χ3v) is 35.3. The van der Waals surface area contributed by atoms with Crippen molar-refractivity contribution in [2.75, 3.05) is 0 Å². The Kier molecular flexibility index (Phi) is 19.1. The number of thiophene rings is 3. The van der Waals surface area contributed by atoms with Crippen molar-refractivity contribution < 1.29 is 4.42 Å². The van der Waals surface area contributed by atoms with Gasteiger partial charge in [-0.25, -0.2) is 29.9 Å². The van der Waals surface area contributed by atoms with Gasteiger partial charge in [0, 0.05) is 132 Å². The van der Waals surface area contributed by atoms with Crippen LogP contribution in [0.15, 0.2) is 374 Å². The number of benzene rings is 17. The summed E-state index contributed by atoms with van der Waals surface area (Å²) in [5.74, 6) is 3.95. The second-order valence-electron chi connectivity index (χ2n) is 40.3. The van der Waals surface area contributed by atoms with Crippen molar-refractivity contribution >= 4 is 138 Å². The Morgan fingerprint density at radius 1 is 0.219 bits per heavy atom. The SMILES string of the molecule is CC1(C)c2ccccc2-c2c(ccc3sc4ccc(-c5ccc(-n6c7ccccc7c7ccccc76)cc5)cc4c23)C1(C)C.CC1(C)c2ccccc2-c2ccc3c(sc4ccc(-c5nc(-c6ccccc6)nc(-c6cccc7oc8ccccc8c67)n5)cc43)c2C1(C)C.CC1(C)c2ccccc2-c2ccc3c(sc4ccc(-c5nc(-c6ccccc6)nc(-c6ccccc6)n5)cc43)c2C1(C)C. The summed E-state index contributed by atoms with van der Waals surface area (Å²) in [6.45, 7) is 28.9. The van der Waals surface area contributed by atoms with Gasteiger partial charge in [0.25, 0.3) is 0 Å². The highest BCUT2D eigenvalue weighted by Crippen LogP contribution is 2.62. The Hall–Kier alpha value is -15.0. The number of aromatic nitrogens is 7. The van der Waals surface area contributed by atoms with E-state index in [1.165, 1.54) is 166 Å². The lowest BCUT2D eigenvalue weighted by Crippen LogP contribution is -2.43. The van der Waals surface area contributed by atoms with Gasteiger partial charge in [0.05, 0.1) is 11.0 Å². The molecule has 0 bridgehead atoms. The predicted octanol–water partition coefficient (Wildman–Crippen LogP) is 34.9. The van der Waals surface area contributed by atoms with Gasteiger partial charge in [0.15, 0.2) is 34.9 Å². The molecule has 8 nitrogen and oxygen atoms in total. The van der Waals surface area contributed by atoms with Gasteiger partial charge in [-0.05, 0) is 191 Å². The van der Waals surface area contributed by atoms with E-state index < -0.39 is 0 Å². The standard InChI is InChI=1S/C45H33N3OS.C42H33NS.C39H31N3S/c1-44(2)34-18-10-8-15-28(34)29-22-23-30-33-25-27(21-24-37(33)50-40(30)39(29)45(44,3)4)42-46-41(26-13-6-5-7-14-26)47-43(48-42)32-17-12-20-36-38(32)31-16-9-11-19-35(31)49-36;1-41(2)33-14-8-5-13-31(33)39-34(42(41,3)4)22-24-38-40(39)32-25-27(19-23-37(32)44-38)26-17-20-28(21-18-26)43-35-15-9-6-11-29(35)30-12-7-10-16-36(30)43;1-38(2)31-18-12-11-17-27(31)28-20-21-29-30-23-26(19-22-32(30)43-34(29)33(28)39(38,3)4)37-41-35(24-13-7-5-8-14-24)40-36(42-37)25-15-9-6-10-16-25/h5-25H,1-4H3;5-25H,1-4H3;5-23H,1-4H3. The van der Waals surface area contributed by atoms with Gasteiger partial charge >= 0.3 is 0 Å². The van der Waals surface area contributed by atoms with E-state index in [4.69, 9.17) is 34.3 Å². The highest BCUT2D eigenvalue weighted by Gasteiger charge is 2.50. The molecule has 3 aliphatic rings. The van der Waals surface area contributed by atoms with E-state index >= 15 is 0 Å². The van der Waals surface area contributed by atoms with Gasteiger partial charge in [-0.15, -0.1) is 34.0 Å². The zero-order chi connectivity index (χ0) is 92.9. The Bertz CT molecular complexity index is 8990. The minimum absolute atomic E-state index is 0.000608. The second-order valence-corrected chi connectivity index (χ2v) is 43.5. The third kappa shape index (κ3) is 12.9. The van der Waals surface area contributed by atoms with E-state index in [1.54, 1.807) is 0 Å². The van der Waals surface area contributed by atoms with E-state index in [1.807, 2.05) is 143 Å². The highest BCUT2D eigenvalue weighted by molar-refractivity contribution is 7.27. The number of furan rings is 1. The molecule has 0 unspecified atom stereocenters. The normalized spacial score (nSPS) is 14.9. The van der Waals surface area contributed by atoms with Gasteiger partial charge in [-0.3, -0.25) is 0 Å². The van der Waals surface area contributed by atoms with Crippen LogP contribution in [0.5, 0.6) is 0 Å². The van der Waals surface area contributed by atoms with Crippen LogP contribution in [-0.4, -0.2) is 34.5 Å². The minimum Gasteiger partial charge on any atom is -0.456 e. The molecule has 11 heteroatoms. The lowest BCUT2D eigenvalue weighted by molar-refractivity contribution is 0.299. The quantitative estimate of drug-likeness (QED) is 0.150. The molecule has 0 spiro atoms. The molecule has 3 aliphatic carbocycles.